The van der Waals surface area contributed by atoms with Crippen molar-refractivity contribution in [2.75, 3.05) is 0 Å². The third-order valence-electron chi connectivity index (χ3n) is 3.98. The van der Waals surface area contributed by atoms with Gasteiger partial charge in [0.25, 0.3) is 0 Å². The lowest BCUT2D eigenvalue weighted by atomic mass is 9.71. The second-order valence-electron chi connectivity index (χ2n) is 5.19. The summed E-state index contributed by atoms with van der Waals surface area (Å²) in [6.45, 7) is 1.99. The van der Waals surface area contributed by atoms with Crippen molar-refractivity contribution in [1.29, 1.82) is 5.26 Å². The molecule has 4 nitrogen and oxygen atoms in total. The van der Waals surface area contributed by atoms with Crippen LogP contribution < -0.4 is 0 Å². The van der Waals surface area contributed by atoms with Crippen LogP contribution in [0.1, 0.15) is 44.0 Å². The van der Waals surface area contributed by atoms with Crippen LogP contribution in [0.2, 0.25) is 5.02 Å². The second kappa shape index (κ2) is 5.34. The summed E-state index contributed by atoms with van der Waals surface area (Å²) >= 11 is 6.31. The number of halogens is 1. The zero-order chi connectivity index (χ0) is 14.0. The smallest absolute Gasteiger partial charge is 0.153 e. The lowest BCUT2D eigenvalue weighted by Gasteiger charge is -2.29. The largest absolute Gasteiger partial charge is 0.298 e. The summed E-state index contributed by atoms with van der Waals surface area (Å²) in [5, 5.41) is 14.4. The molecule has 1 aromatic rings. The topological polar surface area (TPSA) is 58.7 Å². The van der Waals surface area contributed by atoms with Crippen LogP contribution in [0.3, 0.4) is 0 Å². The van der Waals surface area contributed by atoms with Crippen LogP contribution in [0.25, 0.3) is 0 Å². The molecule has 102 valence electrons. The van der Waals surface area contributed by atoms with Crippen LogP contribution in [0.5, 0.6) is 0 Å². The van der Waals surface area contributed by atoms with Crippen molar-refractivity contribution < 1.29 is 4.79 Å². The predicted octanol–water partition coefficient (Wildman–Crippen LogP) is 2.83. The molecule has 1 fully saturated rings. The molecule has 5 heteroatoms. The van der Waals surface area contributed by atoms with E-state index in [1.165, 1.54) is 0 Å². The Morgan fingerprint density at radius 3 is 2.79 bits per heavy atom. The minimum absolute atomic E-state index is 0.0524. The zero-order valence-electron chi connectivity index (χ0n) is 11.4. The lowest BCUT2D eigenvalue weighted by Crippen LogP contribution is -2.35. The van der Waals surface area contributed by atoms with Crippen LogP contribution >= 0.6 is 11.6 Å². The molecule has 1 aliphatic carbocycles. The van der Waals surface area contributed by atoms with E-state index >= 15 is 0 Å². The second-order valence-corrected chi connectivity index (χ2v) is 5.56. The highest BCUT2D eigenvalue weighted by Gasteiger charge is 2.41. The van der Waals surface area contributed by atoms with E-state index in [-0.39, 0.29) is 5.78 Å². The fraction of sp³-hybridized carbons (Fsp3) is 0.643. The Morgan fingerprint density at radius 1 is 1.53 bits per heavy atom. The number of rotatable bonds is 3. The van der Waals surface area contributed by atoms with Gasteiger partial charge in [-0.1, -0.05) is 24.9 Å². The van der Waals surface area contributed by atoms with Gasteiger partial charge in [0, 0.05) is 19.9 Å². The fourth-order valence-corrected chi connectivity index (χ4v) is 3.09. The highest BCUT2D eigenvalue weighted by Crippen LogP contribution is 2.37. The third-order valence-corrected chi connectivity index (χ3v) is 4.41. The van der Waals surface area contributed by atoms with Gasteiger partial charge < -0.3 is 0 Å². The Morgan fingerprint density at radius 2 is 2.26 bits per heavy atom. The standard InChI is InChI=1S/C14H18ClN3O/c1-3-10-13(15)11(18(2)17-10)8-14(9-16)7-5-4-6-12(14)19/h3-8H2,1-2H3. The first-order valence-corrected chi connectivity index (χ1v) is 7.06. The van der Waals surface area contributed by atoms with Gasteiger partial charge in [-0.15, -0.1) is 0 Å². The van der Waals surface area contributed by atoms with Crippen molar-refractivity contribution >= 4 is 17.4 Å². The minimum Gasteiger partial charge on any atom is -0.298 e. The number of nitrogens with zero attached hydrogens (tertiary/aromatic N) is 3. The predicted molar refractivity (Wildman–Crippen MR) is 72.8 cm³/mol. The van der Waals surface area contributed by atoms with Gasteiger partial charge in [-0.05, 0) is 19.3 Å². The van der Waals surface area contributed by atoms with Crippen molar-refractivity contribution in [2.24, 2.45) is 12.5 Å². The molecule has 1 aromatic heterocycles. The number of hydrogen-bond donors (Lipinski definition) is 0. The van der Waals surface area contributed by atoms with Crippen molar-refractivity contribution in [2.45, 2.75) is 45.4 Å². The maximum Gasteiger partial charge on any atom is 0.153 e. The van der Waals surface area contributed by atoms with Crippen LogP contribution in [0, 0.1) is 16.7 Å². The molecule has 1 saturated carbocycles. The Hall–Kier alpha value is -1.34. The minimum atomic E-state index is -0.902. The number of hydrogen-bond acceptors (Lipinski definition) is 3. The lowest BCUT2D eigenvalue weighted by molar-refractivity contribution is -0.128. The average Bonchev–Trinajstić information content (AvgIpc) is 2.68. The van der Waals surface area contributed by atoms with E-state index in [1.807, 2.05) is 14.0 Å². The molecule has 1 aliphatic rings. The molecule has 1 atom stereocenters. The molecule has 19 heavy (non-hydrogen) atoms. The Kier molecular flexibility index (Phi) is 3.96. The van der Waals surface area contributed by atoms with Crippen LogP contribution in [-0.4, -0.2) is 15.6 Å². The molecule has 1 unspecified atom stereocenters. The van der Waals surface area contributed by atoms with E-state index in [9.17, 15) is 10.1 Å². The third kappa shape index (κ3) is 2.40. The normalized spacial score (nSPS) is 23.4. The molecule has 0 N–H and O–H groups in total. The van der Waals surface area contributed by atoms with E-state index in [0.29, 0.717) is 24.3 Å². The summed E-state index contributed by atoms with van der Waals surface area (Å²) < 4.78 is 1.71. The van der Waals surface area contributed by atoms with Crippen LogP contribution in [-0.2, 0) is 24.7 Å². The van der Waals surface area contributed by atoms with E-state index < -0.39 is 5.41 Å². The number of aryl methyl sites for hydroxylation is 2. The van der Waals surface area contributed by atoms with E-state index in [0.717, 1.165) is 30.7 Å². The summed E-state index contributed by atoms with van der Waals surface area (Å²) in [7, 11) is 1.82. The monoisotopic (exact) mass is 279 g/mol. The number of carbonyl (C=O) groups is 1. The molecule has 1 heterocycles. The van der Waals surface area contributed by atoms with E-state index in [1.54, 1.807) is 4.68 Å². The Bertz CT molecular complexity index is 544. The average molecular weight is 280 g/mol. The quantitative estimate of drug-likeness (QED) is 0.855. The molecule has 0 aromatic carbocycles. The Balaban J connectivity index is 2.36. The molecular weight excluding hydrogens is 262 g/mol. The fourth-order valence-electron chi connectivity index (χ4n) is 2.73. The number of aromatic nitrogens is 2. The van der Waals surface area contributed by atoms with Crippen molar-refractivity contribution in [3.63, 3.8) is 0 Å². The molecule has 0 radical (unpaired) electrons. The highest BCUT2D eigenvalue weighted by atomic mass is 35.5. The van der Waals surface area contributed by atoms with E-state index in [4.69, 9.17) is 11.6 Å². The molecule has 0 aliphatic heterocycles. The molecular formula is C14H18ClN3O. The molecule has 0 saturated heterocycles. The van der Waals surface area contributed by atoms with Crippen molar-refractivity contribution in [3.8, 4) is 6.07 Å². The van der Waals surface area contributed by atoms with Gasteiger partial charge in [-0.2, -0.15) is 10.4 Å². The summed E-state index contributed by atoms with van der Waals surface area (Å²) in [6.07, 6.45) is 4.08. The molecule has 2 rings (SSSR count). The van der Waals surface area contributed by atoms with Crippen molar-refractivity contribution in [3.05, 3.63) is 16.4 Å². The first-order chi connectivity index (χ1) is 9.04. The molecule has 0 spiro atoms. The van der Waals surface area contributed by atoms with Gasteiger partial charge in [-0.25, -0.2) is 0 Å². The van der Waals surface area contributed by atoms with Crippen LogP contribution in [0.4, 0.5) is 0 Å². The van der Waals surface area contributed by atoms with E-state index in [2.05, 4.69) is 11.2 Å². The van der Waals surface area contributed by atoms with Gasteiger partial charge in [0.1, 0.15) is 5.41 Å². The SMILES string of the molecule is CCc1nn(C)c(CC2(C#N)CCCCC2=O)c1Cl. The first kappa shape index (κ1) is 14.1. The summed E-state index contributed by atoms with van der Waals surface area (Å²) in [5.41, 5.74) is 0.728. The van der Waals surface area contributed by atoms with Gasteiger partial charge in [0.2, 0.25) is 0 Å². The summed E-state index contributed by atoms with van der Waals surface area (Å²) in [4.78, 5) is 12.2. The molecule has 0 bridgehead atoms. The summed E-state index contributed by atoms with van der Waals surface area (Å²) in [6, 6.07) is 2.25. The van der Waals surface area contributed by atoms with Gasteiger partial charge in [0.15, 0.2) is 5.78 Å². The maximum atomic E-state index is 12.2. The number of carbonyl (C=O) groups excluding carboxylic acids is 1. The number of ketones is 1. The Labute approximate surface area is 118 Å². The van der Waals surface area contributed by atoms with Gasteiger partial charge >= 0.3 is 0 Å². The number of Topliss-reactive ketones (excluding diaryl/α,β-unsaturated/α-hetero) is 1. The zero-order valence-corrected chi connectivity index (χ0v) is 12.1. The highest BCUT2D eigenvalue weighted by molar-refractivity contribution is 6.32. The van der Waals surface area contributed by atoms with Crippen molar-refractivity contribution in [1.82, 2.24) is 9.78 Å². The maximum absolute atomic E-state index is 12.2. The summed E-state index contributed by atoms with van der Waals surface area (Å²) in [5.74, 6) is 0.0524. The molecule has 0 amide bonds. The first-order valence-electron chi connectivity index (χ1n) is 6.69. The van der Waals surface area contributed by atoms with Crippen LogP contribution in [0.15, 0.2) is 0 Å². The van der Waals surface area contributed by atoms with Gasteiger partial charge in [0.05, 0.1) is 22.5 Å². The van der Waals surface area contributed by atoms with Gasteiger partial charge in [-0.3, -0.25) is 9.48 Å². The number of nitriles is 1.